The van der Waals surface area contributed by atoms with Gasteiger partial charge in [0.2, 0.25) is 0 Å². The standard InChI is InChI=1S/C12H15ClO2S/c13-11(12(14)8-4-5-9-12)16(15)10-6-2-1-3-7-10/h1-3,6-7,11,14H,4-5,8-9H2. The molecule has 1 aliphatic carbocycles. The Morgan fingerprint density at radius 3 is 2.38 bits per heavy atom. The highest BCUT2D eigenvalue weighted by Gasteiger charge is 2.42. The van der Waals surface area contributed by atoms with Gasteiger partial charge in [0.15, 0.2) is 0 Å². The maximum Gasteiger partial charge on any atom is 0.142 e. The van der Waals surface area contributed by atoms with E-state index in [1.165, 1.54) is 0 Å². The number of hydrogen-bond donors (Lipinski definition) is 1. The van der Waals surface area contributed by atoms with Crippen LogP contribution in [0.1, 0.15) is 25.7 Å². The molecular weight excluding hydrogens is 244 g/mol. The number of alkyl halides is 1. The molecule has 0 radical (unpaired) electrons. The number of benzene rings is 1. The minimum absolute atomic E-state index is 0.653. The van der Waals surface area contributed by atoms with Crippen LogP contribution in [0.4, 0.5) is 0 Å². The molecule has 16 heavy (non-hydrogen) atoms. The number of aliphatic hydroxyl groups is 1. The predicted octanol–water partition coefficient (Wildman–Crippen LogP) is 2.66. The van der Waals surface area contributed by atoms with Gasteiger partial charge in [-0.15, -0.1) is 11.6 Å². The predicted molar refractivity (Wildman–Crippen MR) is 65.9 cm³/mol. The SMILES string of the molecule is O=S(c1ccccc1)C(Cl)C1(O)CCCC1. The van der Waals surface area contributed by atoms with Gasteiger partial charge >= 0.3 is 0 Å². The van der Waals surface area contributed by atoms with Gasteiger partial charge < -0.3 is 5.11 Å². The summed E-state index contributed by atoms with van der Waals surface area (Å²) in [6.07, 6.45) is 3.23. The second kappa shape index (κ2) is 4.86. The van der Waals surface area contributed by atoms with Crippen molar-refractivity contribution in [3.05, 3.63) is 30.3 Å². The minimum Gasteiger partial charge on any atom is -0.387 e. The molecule has 1 aromatic rings. The van der Waals surface area contributed by atoms with E-state index in [-0.39, 0.29) is 0 Å². The molecule has 0 bridgehead atoms. The summed E-state index contributed by atoms with van der Waals surface area (Å²) in [5.41, 5.74) is -0.956. The largest absolute Gasteiger partial charge is 0.387 e. The average Bonchev–Trinajstić information content (AvgIpc) is 2.77. The van der Waals surface area contributed by atoms with Crippen molar-refractivity contribution in [1.29, 1.82) is 0 Å². The van der Waals surface area contributed by atoms with Gasteiger partial charge in [0.1, 0.15) is 4.71 Å². The summed E-state index contributed by atoms with van der Waals surface area (Å²) >= 11 is 6.16. The fraction of sp³-hybridized carbons (Fsp3) is 0.500. The summed E-state index contributed by atoms with van der Waals surface area (Å²) in [5.74, 6) is 0. The maximum atomic E-state index is 12.2. The molecule has 1 saturated carbocycles. The lowest BCUT2D eigenvalue weighted by atomic mass is 10.1. The lowest BCUT2D eigenvalue weighted by Gasteiger charge is -2.27. The van der Waals surface area contributed by atoms with Crippen LogP contribution in [0.3, 0.4) is 0 Å². The van der Waals surface area contributed by atoms with Crippen LogP contribution < -0.4 is 0 Å². The van der Waals surface area contributed by atoms with E-state index in [0.29, 0.717) is 17.7 Å². The average molecular weight is 259 g/mol. The van der Waals surface area contributed by atoms with Gasteiger partial charge in [-0.25, -0.2) is 0 Å². The third kappa shape index (κ3) is 2.31. The third-order valence-electron chi connectivity index (χ3n) is 3.06. The fourth-order valence-corrected chi connectivity index (χ4v) is 3.91. The van der Waals surface area contributed by atoms with E-state index in [1.54, 1.807) is 12.1 Å². The Kier molecular flexibility index (Phi) is 3.67. The number of rotatable bonds is 3. The van der Waals surface area contributed by atoms with Crippen molar-refractivity contribution < 1.29 is 9.32 Å². The second-order valence-corrected chi connectivity index (χ2v) is 6.47. The Balaban J connectivity index is 2.16. The van der Waals surface area contributed by atoms with Gasteiger partial charge in [0.25, 0.3) is 0 Å². The molecule has 4 heteroatoms. The van der Waals surface area contributed by atoms with Gasteiger partial charge in [-0.1, -0.05) is 31.0 Å². The molecule has 0 aromatic heterocycles. The molecule has 0 amide bonds. The second-order valence-electron chi connectivity index (χ2n) is 4.24. The Hall–Kier alpha value is -0.380. The minimum atomic E-state index is -1.34. The quantitative estimate of drug-likeness (QED) is 0.847. The molecule has 2 rings (SSSR count). The fourth-order valence-electron chi connectivity index (χ4n) is 2.09. The maximum absolute atomic E-state index is 12.2. The van der Waals surface area contributed by atoms with Crippen molar-refractivity contribution in [1.82, 2.24) is 0 Å². The van der Waals surface area contributed by atoms with Gasteiger partial charge in [-0.3, -0.25) is 4.21 Å². The zero-order valence-electron chi connectivity index (χ0n) is 8.93. The van der Waals surface area contributed by atoms with Crippen LogP contribution in [-0.2, 0) is 10.8 Å². The molecule has 2 unspecified atom stereocenters. The van der Waals surface area contributed by atoms with Crippen LogP contribution in [0.2, 0.25) is 0 Å². The van der Waals surface area contributed by atoms with Gasteiger partial charge in [-0.2, -0.15) is 0 Å². The molecular formula is C12H15ClO2S. The summed E-state index contributed by atoms with van der Waals surface area (Å²) in [6, 6.07) is 9.09. The molecule has 88 valence electrons. The zero-order valence-corrected chi connectivity index (χ0v) is 10.5. The highest BCUT2D eigenvalue weighted by molar-refractivity contribution is 7.87. The summed E-state index contributed by atoms with van der Waals surface area (Å²) < 4.78 is 11.4. The van der Waals surface area contributed by atoms with E-state index < -0.39 is 21.1 Å². The monoisotopic (exact) mass is 258 g/mol. The smallest absolute Gasteiger partial charge is 0.142 e. The Morgan fingerprint density at radius 2 is 1.81 bits per heavy atom. The first-order chi connectivity index (χ1) is 7.63. The third-order valence-corrected chi connectivity index (χ3v) is 5.50. The van der Waals surface area contributed by atoms with E-state index in [0.717, 1.165) is 12.8 Å². The topological polar surface area (TPSA) is 37.3 Å². The highest BCUT2D eigenvalue weighted by Crippen LogP contribution is 2.37. The zero-order chi connectivity index (χ0) is 11.6. The Labute approximate surface area is 103 Å². The summed E-state index contributed by atoms with van der Waals surface area (Å²) in [7, 11) is -1.34. The van der Waals surface area contributed by atoms with Crippen LogP contribution >= 0.6 is 11.6 Å². The van der Waals surface area contributed by atoms with Gasteiger partial charge in [0.05, 0.1) is 16.4 Å². The van der Waals surface area contributed by atoms with E-state index >= 15 is 0 Å². The van der Waals surface area contributed by atoms with E-state index in [1.807, 2.05) is 18.2 Å². The van der Waals surface area contributed by atoms with Crippen molar-refractivity contribution in [3.63, 3.8) is 0 Å². The van der Waals surface area contributed by atoms with Crippen LogP contribution in [0.25, 0.3) is 0 Å². The first-order valence-corrected chi connectivity index (χ1v) is 7.10. The Bertz CT molecular complexity index is 374. The molecule has 1 fully saturated rings. The highest BCUT2D eigenvalue weighted by atomic mass is 35.5. The molecule has 2 atom stereocenters. The lowest BCUT2D eigenvalue weighted by molar-refractivity contribution is 0.0625. The van der Waals surface area contributed by atoms with Crippen molar-refractivity contribution in [3.8, 4) is 0 Å². The molecule has 1 aromatic carbocycles. The molecule has 0 saturated heterocycles. The van der Waals surface area contributed by atoms with Crippen LogP contribution in [-0.4, -0.2) is 19.6 Å². The normalized spacial score (nSPS) is 22.9. The van der Waals surface area contributed by atoms with Gasteiger partial charge in [-0.05, 0) is 25.0 Å². The van der Waals surface area contributed by atoms with E-state index in [2.05, 4.69) is 0 Å². The molecule has 0 heterocycles. The molecule has 2 nitrogen and oxygen atoms in total. The van der Waals surface area contributed by atoms with E-state index in [9.17, 15) is 9.32 Å². The van der Waals surface area contributed by atoms with Crippen molar-refractivity contribution >= 4 is 22.4 Å². The lowest BCUT2D eigenvalue weighted by Crippen LogP contribution is -2.38. The molecule has 0 aliphatic heterocycles. The first-order valence-electron chi connectivity index (χ1n) is 5.45. The van der Waals surface area contributed by atoms with Gasteiger partial charge in [0, 0.05) is 4.90 Å². The van der Waals surface area contributed by atoms with E-state index in [4.69, 9.17) is 11.6 Å². The Morgan fingerprint density at radius 1 is 1.25 bits per heavy atom. The summed E-state index contributed by atoms with van der Waals surface area (Å²) in [5, 5.41) is 10.3. The molecule has 1 N–H and O–H groups in total. The van der Waals surface area contributed by atoms with Crippen molar-refractivity contribution in [2.75, 3.05) is 0 Å². The first kappa shape index (κ1) is 12.1. The van der Waals surface area contributed by atoms with Crippen LogP contribution in [0.5, 0.6) is 0 Å². The number of halogens is 1. The molecule has 1 aliphatic rings. The molecule has 0 spiro atoms. The van der Waals surface area contributed by atoms with Crippen LogP contribution in [0, 0.1) is 0 Å². The number of hydrogen-bond acceptors (Lipinski definition) is 2. The van der Waals surface area contributed by atoms with Crippen molar-refractivity contribution in [2.24, 2.45) is 0 Å². The summed E-state index contributed by atoms with van der Waals surface area (Å²) in [6.45, 7) is 0. The van der Waals surface area contributed by atoms with Crippen LogP contribution in [0.15, 0.2) is 35.2 Å². The van der Waals surface area contributed by atoms with Crippen molar-refractivity contribution in [2.45, 2.75) is 40.9 Å². The summed E-state index contributed by atoms with van der Waals surface area (Å²) in [4.78, 5) is 0.683.